The number of ether oxygens (including phenoxy) is 1. The standard InChI is InChI=1S/C20H40N6O/c1-17(2)9-5-7-11-22-13-19(23-21)15-27-16-20-14-26(25-24-20)12-8-6-10-18(3)4/h13-14,17-18,21-22,24-25H,5-12,15-16H2,1-4H3/b19-13-,23-21?. The van der Waals surface area contributed by atoms with Crippen molar-refractivity contribution in [3.05, 3.63) is 23.8 Å². The number of hydrazine groups is 2. The predicted molar refractivity (Wildman–Crippen MR) is 110 cm³/mol. The number of unbranched alkanes of at least 4 members (excludes halogenated alkanes) is 2. The van der Waals surface area contributed by atoms with Gasteiger partial charge in [0.05, 0.1) is 18.9 Å². The molecule has 0 fully saturated rings. The summed E-state index contributed by atoms with van der Waals surface area (Å²) in [6, 6.07) is 0. The van der Waals surface area contributed by atoms with Crippen molar-refractivity contribution in [1.29, 1.82) is 5.53 Å². The molecule has 0 radical (unpaired) electrons. The molecule has 0 bridgehead atoms. The van der Waals surface area contributed by atoms with Crippen molar-refractivity contribution in [3.63, 3.8) is 0 Å². The van der Waals surface area contributed by atoms with E-state index in [1.165, 1.54) is 32.1 Å². The van der Waals surface area contributed by atoms with Crippen LogP contribution in [0.2, 0.25) is 0 Å². The van der Waals surface area contributed by atoms with Gasteiger partial charge in [-0.05, 0) is 24.7 Å². The minimum atomic E-state index is 0.329. The predicted octanol–water partition coefficient (Wildman–Crippen LogP) is 4.28. The van der Waals surface area contributed by atoms with Crippen molar-refractivity contribution < 1.29 is 4.74 Å². The number of nitrogens with one attached hydrogen (secondary N) is 4. The van der Waals surface area contributed by atoms with Crippen LogP contribution in [0.4, 0.5) is 0 Å². The summed E-state index contributed by atoms with van der Waals surface area (Å²) >= 11 is 0. The van der Waals surface area contributed by atoms with Crippen LogP contribution in [0.3, 0.4) is 0 Å². The Morgan fingerprint density at radius 2 is 1.89 bits per heavy atom. The third-order valence-corrected chi connectivity index (χ3v) is 4.37. The first-order valence-corrected chi connectivity index (χ1v) is 10.4. The van der Waals surface area contributed by atoms with E-state index in [0.717, 1.165) is 37.0 Å². The van der Waals surface area contributed by atoms with Crippen LogP contribution in [0.1, 0.15) is 66.2 Å². The van der Waals surface area contributed by atoms with E-state index < -0.39 is 0 Å². The van der Waals surface area contributed by atoms with Crippen molar-refractivity contribution in [2.75, 3.05) is 26.3 Å². The molecular formula is C20H40N6O. The van der Waals surface area contributed by atoms with Gasteiger partial charge in [0.2, 0.25) is 0 Å². The van der Waals surface area contributed by atoms with Gasteiger partial charge in [0.15, 0.2) is 0 Å². The second kappa shape index (κ2) is 14.5. The molecule has 0 spiro atoms. The van der Waals surface area contributed by atoms with Crippen LogP contribution in [0.5, 0.6) is 0 Å². The Bertz CT molecular complexity index is 461. The van der Waals surface area contributed by atoms with E-state index in [1.54, 1.807) is 6.20 Å². The summed E-state index contributed by atoms with van der Waals surface area (Å²) in [7, 11) is 0. The molecule has 7 nitrogen and oxygen atoms in total. The zero-order valence-corrected chi connectivity index (χ0v) is 17.7. The molecule has 156 valence electrons. The molecule has 0 aromatic heterocycles. The first-order chi connectivity index (χ1) is 13.0. The average Bonchev–Trinajstić information content (AvgIpc) is 3.07. The molecule has 7 heteroatoms. The number of hydrogen-bond donors (Lipinski definition) is 4. The van der Waals surface area contributed by atoms with Gasteiger partial charge in [-0.3, -0.25) is 5.01 Å². The summed E-state index contributed by atoms with van der Waals surface area (Å²) in [5, 5.41) is 8.82. The number of hydrogen-bond acceptors (Lipinski definition) is 7. The molecule has 27 heavy (non-hydrogen) atoms. The van der Waals surface area contributed by atoms with Gasteiger partial charge in [-0.1, -0.05) is 53.4 Å². The molecule has 0 atom stereocenters. The molecule has 1 aliphatic heterocycles. The molecule has 1 aliphatic rings. The van der Waals surface area contributed by atoms with Gasteiger partial charge in [0.1, 0.15) is 5.70 Å². The maximum atomic E-state index is 7.26. The Morgan fingerprint density at radius 3 is 2.56 bits per heavy atom. The summed E-state index contributed by atoms with van der Waals surface area (Å²) in [5.74, 6) is 1.53. The summed E-state index contributed by atoms with van der Waals surface area (Å²) in [6.07, 6.45) is 11.2. The number of nitrogens with zero attached hydrogens (tertiary/aromatic N) is 2. The molecular weight excluding hydrogens is 340 g/mol. The van der Waals surface area contributed by atoms with Crippen molar-refractivity contribution in [2.45, 2.75) is 66.2 Å². The molecule has 0 aliphatic carbocycles. The highest BCUT2D eigenvalue weighted by molar-refractivity contribution is 5.03. The lowest BCUT2D eigenvalue weighted by Crippen LogP contribution is -2.37. The summed E-state index contributed by atoms with van der Waals surface area (Å²) in [5.41, 5.74) is 15.1. The molecule has 0 unspecified atom stereocenters. The monoisotopic (exact) mass is 380 g/mol. The first kappa shape index (κ1) is 23.4. The van der Waals surface area contributed by atoms with Crippen LogP contribution in [0.15, 0.2) is 28.9 Å². The highest BCUT2D eigenvalue weighted by Gasteiger charge is 2.11. The van der Waals surface area contributed by atoms with Crippen LogP contribution in [-0.4, -0.2) is 31.3 Å². The summed E-state index contributed by atoms with van der Waals surface area (Å²) < 4.78 is 5.67. The molecule has 1 rings (SSSR count). The van der Waals surface area contributed by atoms with Gasteiger partial charge in [0, 0.05) is 25.5 Å². The largest absolute Gasteiger partial charge is 0.389 e. The van der Waals surface area contributed by atoms with Crippen LogP contribution in [-0.2, 0) is 4.74 Å². The van der Waals surface area contributed by atoms with Crippen molar-refractivity contribution in [3.8, 4) is 0 Å². The van der Waals surface area contributed by atoms with E-state index in [-0.39, 0.29) is 0 Å². The second-order valence-corrected chi connectivity index (χ2v) is 8.06. The van der Waals surface area contributed by atoms with E-state index in [4.69, 9.17) is 10.3 Å². The normalized spacial score (nSPS) is 14.7. The molecule has 0 saturated carbocycles. The van der Waals surface area contributed by atoms with Crippen LogP contribution in [0.25, 0.3) is 0 Å². The highest BCUT2D eigenvalue weighted by Crippen LogP contribution is 2.09. The lowest BCUT2D eigenvalue weighted by molar-refractivity contribution is 0.172. The molecule has 0 aromatic rings. The van der Waals surface area contributed by atoms with Crippen LogP contribution >= 0.6 is 0 Å². The van der Waals surface area contributed by atoms with Gasteiger partial charge in [-0.2, -0.15) is 5.11 Å². The molecule has 0 amide bonds. The summed E-state index contributed by atoms with van der Waals surface area (Å²) in [4.78, 5) is 0. The third-order valence-electron chi connectivity index (χ3n) is 4.37. The smallest absolute Gasteiger partial charge is 0.104 e. The minimum Gasteiger partial charge on any atom is -0.389 e. The lowest BCUT2D eigenvalue weighted by atomic mass is 10.1. The highest BCUT2D eigenvalue weighted by atomic mass is 16.5. The SMILES string of the molecule is CC(C)CCCCN/C=C(/COCC1=CN(CCCCC(C)C)NN1)N=N. The van der Waals surface area contributed by atoms with Gasteiger partial charge < -0.3 is 15.5 Å². The average molecular weight is 381 g/mol. The Kier molecular flexibility index (Phi) is 12.6. The third kappa shape index (κ3) is 12.4. The van der Waals surface area contributed by atoms with Gasteiger partial charge >= 0.3 is 0 Å². The maximum absolute atomic E-state index is 7.26. The lowest BCUT2D eigenvalue weighted by Gasteiger charge is -2.15. The van der Waals surface area contributed by atoms with E-state index in [0.29, 0.717) is 18.9 Å². The zero-order valence-electron chi connectivity index (χ0n) is 17.7. The minimum absolute atomic E-state index is 0.329. The molecule has 0 saturated heterocycles. The van der Waals surface area contributed by atoms with Crippen LogP contribution < -0.4 is 16.3 Å². The van der Waals surface area contributed by atoms with Crippen molar-refractivity contribution >= 4 is 0 Å². The Labute approximate surface area is 165 Å². The van der Waals surface area contributed by atoms with Gasteiger partial charge in [0.25, 0.3) is 0 Å². The summed E-state index contributed by atoms with van der Waals surface area (Å²) in [6.45, 7) is 11.7. The van der Waals surface area contributed by atoms with E-state index in [9.17, 15) is 0 Å². The van der Waals surface area contributed by atoms with Crippen LogP contribution in [0, 0.1) is 17.4 Å². The van der Waals surface area contributed by atoms with Crippen molar-refractivity contribution in [1.82, 2.24) is 21.3 Å². The first-order valence-electron chi connectivity index (χ1n) is 10.4. The van der Waals surface area contributed by atoms with E-state index in [1.807, 2.05) is 6.20 Å². The van der Waals surface area contributed by atoms with E-state index >= 15 is 0 Å². The fourth-order valence-electron chi connectivity index (χ4n) is 2.77. The fourth-order valence-corrected chi connectivity index (χ4v) is 2.77. The Morgan fingerprint density at radius 1 is 1.19 bits per heavy atom. The topological polar surface area (TPSA) is 84.8 Å². The Hall–Kier alpha value is -1.60. The van der Waals surface area contributed by atoms with Crippen molar-refractivity contribution in [2.24, 2.45) is 17.0 Å². The zero-order chi connectivity index (χ0) is 19.9. The quantitative estimate of drug-likeness (QED) is 0.237. The molecule has 1 heterocycles. The van der Waals surface area contributed by atoms with E-state index in [2.05, 4.69) is 54.1 Å². The molecule has 0 aromatic carbocycles. The Balaban J connectivity index is 2.14. The fraction of sp³-hybridized carbons (Fsp3) is 0.800. The maximum Gasteiger partial charge on any atom is 0.104 e. The number of rotatable bonds is 16. The van der Waals surface area contributed by atoms with Gasteiger partial charge in [-0.25, -0.2) is 5.53 Å². The molecule has 4 N–H and O–H groups in total. The van der Waals surface area contributed by atoms with Gasteiger partial charge in [-0.15, -0.1) is 5.53 Å². The second-order valence-electron chi connectivity index (χ2n) is 8.06.